The van der Waals surface area contributed by atoms with Gasteiger partial charge in [0.05, 0.1) is 0 Å². The van der Waals surface area contributed by atoms with Gasteiger partial charge in [0.2, 0.25) is 0 Å². The Morgan fingerprint density at radius 3 is 0.545 bits per heavy atom. The van der Waals surface area contributed by atoms with Gasteiger partial charge < -0.3 is 61.3 Å². The van der Waals surface area contributed by atoms with Gasteiger partial charge in [0.25, 0.3) is 0 Å². The smallest absolute Gasteiger partial charge is 0.374 e. The van der Waals surface area contributed by atoms with Gasteiger partial charge in [-0.25, -0.2) is 33.6 Å². The molecule has 7 unspecified atom stereocenters. The third-order valence-electron chi connectivity index (χ3n) is 2.70. The molecule has 0 aromatic carbocycles. The number of hydrogen-bond acceptors (Lipinski definition) is 17. The standard InChI is InChI=1S/C6H10O7.5C3H6O3.V/c1-3(7)5(9)11-13-12-6(10)4(2)8;5*1-2(4)3(5)6;/h3-4,7-8H,1-2H3;5*2,4H,1H3,(H,5,6);. The second kappa shape index (κ2) is 34.0. The Labute approximate surface area is 261 Å². The van der Waals surface area contributed by atoms with Crippen LogP contribution < -0.4 is 0 Å². The fourth-order valence-electron chi connectivity index (χ4n) is 0.223. The normalized spacial score (nSPS) is 13.6. The number of carboxylic acids is 5. The number of carbonyl (C=O) groups excluding carboxylic acids is 2. The Balaban J connectivity index is -0.0000000773. The van der Waals surface area contributed by atoms with Crippen LogP contribution in [-0.2, 0) is 66.9 Å². The summed E-state index contributed by atoms with van der Waals surface area (Å²) in [4.78, 5) is 75.7. The molecule has 261 valence electrons. The SMILES string of the molecule is CC(O)C(=O)O.CC(O)C(=O)O.CC(O)C(=O)O.CC(O)C(=O)O.CC(O)C(=O)O.CC(O)C(=O)OOOC(=O)C(C)O.[V]. The molecule has 0 rings (SSSR count). The molecule has 23 heteroatoms. The molecule has 0 aliphatic carbocycles. The second-order valence-corrected chi connectivity index (χ2v) is 7.30. The molecule has 0 aromatic heterocycles. The van der Waals surface area contributed by atoms with E-state index in [2.05, 4.69) is 14.8 Å². The number of carboxylic acid groups (broad SMARTS) is 5. The second-order valence-electron chi connectivity index (χ2n) is 7.30. The van der Waals surface area contributed by atoms with Crippen molar-refractivity contribution in [2.24, 2.45) is 0 Å². The fourth-order valence-corrected chi connectivity index (χ4v) is 0.223. The Kier molecular flexibility index (Phi) is 43.6. The summed E-state index contributed by atoms with van der Waals surface area (Å²) in [6.07, 6.45) is -8.93. The molecule has 0 saturated heterocycles. The zero-order valence-corrected chi connectivity index (χ0v) is 25.8. The van der Waals surface area contributed by atoms with Crippen molar-refractivity contribution in [3.63, 3.8) is 0 Å². The minimum Gasteiger partial charge on any atom is -0.479 e. The average molecular weight is 695 g/mol. The van der Waals surface area contributed by atoms with Crippen molar-refractivity contribution >= 4 is 41.8 Å². The topological polar surface area (TPSA) is 390 Å². The van der Waals surface area contributed by atoms with E-state index in [1.807, 2.05) is 0 Å². The number of aliphatic carboxylic acids is 5. The summed E-state index contributed by atoms with van der Waals surface area (Å²) in [5.41, 5.74) is 0. The van der Waals surface area contributed by atoms with Crippen LogP contribution in [0.5, 0.6) is 0 Å². The Morgan fingerprint density at radius 2 is 0.477 bits per heavy atom. The van der Waals surface area contributed by atoms with Crippen LogP contribution >= 0.6 is 0 Å². The maximum atomic E-state index is 10.4. The summed E-state index contributed by atoms with van der Waals surface area (Å²) in [5, 5.41) is 99.6. The van der Waals surface area contributed by atoms with Crippen LogP contribution in [0, 0.1) is 0 Å². The van der Waals surface area contributed by atoms with E-state index in [0.29, 0.717) is 0 Å². The van der Waals surface area contributed by atoms with Gasteiger partial charge in [-0.2, -0.15) is 0 Å². The summed E-state index contributed by atoms with van der Waals surface area (Å²) in [6, 6.07) is 0. The fraction of sp³-hybridized carbons (Fsp3) is 0.667. The van der Waals surface area contributed by atoms with Crippen LogP contribution in [-0.4, -0.2) is 146 Å². The van der Waals surface area contributed by atoms with E-state index in [1.54, 1.807) is 0 Å². The molecule has 44 heavy (non-hydrogen) atoms. The van der Waals surface area contributed by atoms with Crippen molar-refractivity contribution in [3.05, 3.63) is 0 Å². The van der Waals surface area contributed by atoms with E-state index in [0.717, 1.165) is 13.8 Å². The largest absolute Gasteiger partial charge is 0.479 e. The molecule has 7 atom stereocenters. The number of aliphatic hydroxyl groups is 7. The molecule has 12 N–H and O–H groups in total. The van der Waals surface area contributed by atoms with Crippen LogP contribution in [0.3, 0.4) is 0 Å². The van der Waals surface area contributed by atoms with E-state index >= 15 is 0 Å². The first kappa shape index (κ1) is 56.4. The predicted molar refractivity (Wildman–Crippen MR) is 133 cm³/mol. The molecule has 0 spiro atoms. The van der Waals surface area contributed by atoms with Crippen molar-refractivity contribution in [2.45, 2.75) is 91.2 Å². The van der Waals surface area contributed by atoms with E-state index in [-0.39, 0.29) is 18.6 Å². The number of carbonyl (C=O) groups is 7. The summed E-state index contributed by atoms with van der Waals surface area (Å²) < 4.78 is 0. The van der Waals surface area contributed by atoms with Crippen LogP contribution in [0.1, 0.15) is 48.5 Å². The number of aliphatic hydroxyl groups excluding tert-OH is 7. The van der Waals surface area contributed by atoms with Crippen LogP contribution in [0.2, 0.25) is 0 Å². The van der Waals surface area contributed by atoms with Gasteiger partial charge in [-0.15, -0.1) is 0 Å². The zero-order chi connectivity index (χ0) is 36.2. The first-order valence-electron chi connectivity index (χ1n) is 11.2. The van der Waals surface area contributed by atoms with E-state index in [1.165, 1.54) is 34.6 Å². The van der Waals surface area contributed by atoms with Gasteiger partial charge in [0.15, 0.2) is 12.2 Å². The van der Waals surface area contributed by atoms with Crippen molar-refractivity contribution in [1.82, 2.24) is 0 Å². The summed E-state index contributed by atoms with van der Waals surface area (Å²) >= 11 is 0. The van der Waals surface area contributed by atoms with E-state index < -0.39 is 84.5 Å². The van der Waals surface area contributed by atoms with Gasteiger partial charge >= 0.3 is 41.8 Å². The summed E-state index contributed by atoms with van der Waals surface area (Å²) in [5.74, 6) is -8.15. The molecule has 0 aliphatic rings. The molecule has 22 nitrogen and oxygen atoms in total. The molecule has 1 radical (unpaired) electrons. The van der Waals surface area contributed by atoms with E-state index in [4.69, 9.17) is 61.3 Å². The van der Waals surface area contributed by atoms with Gasteiger partial charge in [-0.1, -0.05) is 0 Å². The average Bonchev–Trinajstić information content (AvgIpc) is 2.85. The minimum absolute atomic E-state index is 0. The molecule has 0 heterocycles. The monoisotopic (exact) mass is 695 g/mol. The Bertz CT molecular complexity index is 681. The molecule has 0 amide bonds. The van der Waals surface area contributed by atoms with Crippen LogP contribution in [0.4, 0.5) is 0 Å². The zero-order valence-electron chi connectivity index (χ0n) is 24.4. The van der Waals surface area contributed by atoms with E-state index in [9.17, 15) is 33.6 Å². The maximum Gasteiger partial charge on any atom is 0.374 e. The van der Waals surface area contributed by atoms with Gasteiger partial charge in [-0.05, 0) is 48.5 Å². The van der Waals surface area contributed by atoms with Crippen molar-refractivity contribution < 1.29 is 128 Å². The third kappa shape index (κ3) is 58.2. The quantitative estimate of drug-likeness (QED) is 0.0806. The molecule has 0 aromatic rings. The first-order chi connectivity index (χ1) is 19.2. The van der Waals surface area contributed by atoms with Crippen LogP contribution in [0.15, 0.2) is 0 Å². The molecular weight excluding hydrogens is 655 g/mol. The first-order valence-corrected chi connectivity index (χ1v) is 11.2. The van der Waals surface area contributed by atoms with Crippen LogP contribution in [0.25, 0.3) is 0 Å². The van der Waals surface area contributed by atoms with Crippen molar-refractivity contribution in [3.8, 4) is 0 Å². The third-order valence-corrected chi connectivity index (χ3v) is 2.70. The van der Waals surface area contributed by atoms with Gasteiger partial charge in [0, 0.05) is 23.6 Å². The molecule has 0 saturated carbocycles. The summed E-state index contributed by atoms with van der Waals surface area (Å²) in [6.45, 7) is 8.27. The van der Waals surface area contributed by atoms with Crippen molar-refractivity contribution in [1.29, 1.82) is 0 Å². The molecule has 0 fully saturated rings. The minimum atomic E-state index is -1.38. The Morgan fingerprint density at radius 1 is 0.364 bits per heavy atom. The Hall–Kier alpha value is -3.45. The number of hydrogen-bond donors (Lipinski definition) is 12. The van der Waals surface area contributed by atoms with Crippen molar-refractivity contribution in [2.75, 3.05) is 0 Å². The predicted octanol–water partition coefficient (Wildman–Crippen LogP) is -4.06. The summed E-state index contributed by atoms with van der Waals surface area (Å²) in [7, 11) is 0. The molecular formula is C21H40O22V. The maximum absolute atomic E-state index is 10.4. The van der Waals surface area contributed by atoms with Gasteiger partial charge in [0.1, 0.15) is 30.5 Å². The molecule has 0 aliphatic heterocycles. The van der Waals surface area contributed by atoms with Gasteiger partial charge in [-0.3, -0.25) is 9.78 Å². The number of rotatable bonds is 9. The molecule has 0 bridgehead atoms.